The summed E-state index contributed by atoms with van der Waals surface area (Å²) in [6, 6.07) is 5.00. The summed E-state index contributed by atoms with van der Waals surface area (Å²) in [5.74, 6) is 1.23. The number of nitrogens with zero attached hydrogens (tertiary/aromatic N) is 5. The first-order valence-electron chi connectivity index (χ1n) is 9.32. The van der Waals surface area contributed by atoms with Crippen LogP contribution in [0, 0.1) is 0 Å². The number of methoxy groups -OCH3 is 1. The number of hydrogen-bond acceptors (Lipinski definition) is 7. The standard InChI is InChI=1S/C18H21N7O3/c1-28-11-7-13(16(26)27)25(9-11)18-20-15-3-2-6-24(15)17(21-18)19-14-8-12(22-23-14)10-4-5-10/h2-3,6,8,10-11,13H,4-5,7,9H2,1H3,(H,26,27)(H2,19,20,21,22,23)/t11-,13+/m1/s1. The van der Waals surface area contributed by atoms with Crippen LogP contribution < -0.4 is 10.2 Å². The molecule has 4 heterocycles. The van der Waals surface area contributed by atoms with E-state index in [0.29, 0.717) is 42.2 Å². The number of carboxylic acids is 1. The van der Waals surface area contributed by atoms with Crippen molar-refractivity contribution >= 4 is 29.3 Å². The summed E-state index contributed by atoms with van der Waals surface area (Å²) in [7, 11) is 1.59. The first-order valence-corrected chi connectivity index (χ1v) is 9.32. The van der Waals surface area contributed by atoms with Gasteiger partial charge < -0.3 is 20.1 Å². The van der Waals surface area contributed by atoms with Gasteiger partial charge in [0.1, 0.15) is 11.7 Å². The maximum atomic E-state index is 11.7. The second-order valence-corrected chi connectivity index (χ2v) is 7.29. The number of nitrogens with one attached hydrogen (secondary N) is 2. The minimum absolute atomic E-state index is 0.170. The van der Waals surface area contributed by atoms with E-state index in [-0.39, 0.29) is 6.10 Å². The van der Waals surface area contributed by atoms with Crippen LogP contribution in [0.25, 0.3) is 5.65 Å². The normalized spacial score (nSPS) is 22.1. The molecule has 0 bridgehead atoms. The number of hydrogen-bond donors (Lipinski definition) is 3. The topological polar surface area (TPSA) is 121 Å². The third-order valence-electron chi connectivity index (χ3n) is 5.37. The number of fused-ring (bicyclic) bond motifs is 1. The van der Waals surface area contributed by atoms with Crippen LogP contribution in [0.15, 0.2) is 24.4 Å². The highest BCUT2D eigenvalue weighted by molar-refractivity contribution is 5.78. The highest BCUT2D eigenvalue weighted by Gasteiger charge is 2.39. The van der Waals surface area contributed by atoms with Crippen LogP contribution in [0.2, 0.25) is 0 Å². The highest BCUT2D eigenvalue weighted by Crippen LogP contribution is 2.39. The molecule has 0 spiro atoms. The van der Waals surface area contributed by atoms with Crippen molar-refractivity contribution in [1.82, 2.24) is 24.6 Å². The zero-order valence-electron chi connectivity index (χ0n) is 15.4. The smallest absolute Gasteiger partial charge is 0.326 e. The molecule has 2 aliphatic rings. The van der Waals surface area contributed by atoms with Crippen LogP contribution in [0.1, 0.15) is 30.9 Å². The number of carbonyl (C=O) groups is 1. The first kappa shape index (κ1) is 17.0. The highest BCUT2D eigenvalue weighted by atomic mass is 16.5. The van der Waals surface area contributed by atoms with Crippen molar-refractivity contribution in [2.75, 3.05) is 23.9 Å². The van der Waals surface area contributed by atoms with E-state index in [9.17, 15) is 9.90 Å². The van der Waals surface area contributed by atoms with Crippen LogP contribution in [-0.4, -0.2) is 61.4 Å². The van der Waals surface area contributed by atoms with E-state index in [1.165, 1.54) is 12.8 Å². The van der Waals surface area contributed by atoms with Crippen molar-refractivity contribution in [2.24, 2.45) is 0 Å². The molecule has 2 fully saturated rings. The van der Waals surface area contributed by atoms with E-state index in [0.717, 1.165) is 5.69 Å². The van der Waals surface area contributed by atoms with Gasteiger partial charge in [0.25, 0.3) is 0 Å². The molecule has 10 heteroatoms. The van der Waals surface area contributed by atoms with Gasteiger partial charge in [-0.15, -0.1) is 0 Å². The molecule has 0 radical (unpaired) electrons. The quantitative estimate of drug-likeness (QED) is 0.589. The van der Waals surface area contributed by atoms with Crippen LogP contribution in [-0.2, 0) is 9.53 Å². The lowest BCUT2D eigenvalue weighted by Crippen LogP contribution is -2.37. The van der Waals surface area contributed by atoms with Gasteiger partial charge >= 0.3 is 5.97 Å². The summed E-state index contributed by atoms with van der Waals surface area (Å²) < 4.78 is 7.19. The molecular formula is C18H21N7O3. The van der Waals surface area contributed by atoms with Gasteiger partial charge in [-0.25, -0.2) is 4.79 Å². The molecule has 3 aromatic rings. The summed E-state index contributed by atoms with van der Waals surface area (Å²) in [6.07, 6.45) is 4.46. The average Bonchev–Trinajstić information content (AvgIpc) is 3.11. The van der Waals surface area contributed by atoms with Gasteiger partial charge in [0.15, 0.2) is 5.82 Å². The van der Waals surface area contributed by atoms with Gasteiger partial charge in [-0.1, -0.05) is 0 Å². The molecule has 2 atom stereocenters. The summed E-state index contributed by atoms with van der Waals surface area (Å²) in [4.78, 5) is 22.6. The van der Waals surface area contributed by atoms with E-state index >= 15 is 0 Å². The second kappa shape index (κ2) is 6.48. The van der Waals surface area contributed by atoms with Gasteiger partial charge in [-0.3, -0.25) is 9.50 Å². The van der Waals surface area contributed by atoms with Crippen molar-refractivity contribution < 1.29 is 14.6 Å². The molecule has 146 valence electrons. The Bertz CT molecular complexity index is 1030. The third-order valence-corrected chi connectivity index (χ3v) is 5.37. The van der Waals surface area contributed by atoms with Crippen LogP contribution >= 0.6 is 0 Å². The zero-order valence-corrected chi connectivity index (χ0v) is 15.4. The number of aliphatic carboxylic acids is 1. The zero-order chi connectivity index (χ0) is 19.3. The molecule has 3 aromatic heterocycles. The Labute approximate surface area is 160 Å². The maximum absolute atomic E-state index is 11.7. The summed E-state index contributed by atoms with van der Waals surface area (Å²) in [5, 5.41) is 20.2. The molecule has 3 N–H and O–H groups in total. The minimum atomic E-state index is -0.908. The van der Waals surface area contributed by atoms with Crippen molar-refractivity contribution in [3.63, 3.8) is 0 Å². The average molecular weight is 383 g/mol. The fourth-order valence-electron chi connectivity index (χ4n) is 3.68. The molecular weight excluding hydrogens is 362 g/mol. The Morgan fingerprint density at radius 2 is 2.25 bits per heavy atom. The van der Waals surface area contributed by atoms with Crippen molar-refractivity contribution in [2.45, 2.75) is 37.3 Å². The molecule has 1 saturated carbocycles. The number of rotatable bonds is 6. The summed E-state index contributed by atoms with van der Waals surface area (Å²) in [5.41, 5.74) is 1.80. The van der Waals surface area contributed by atoms with Crippen LogP contribution in [0.4, 0.5) is 17.7 Å². The Morgan fingerprint density at radius 1 is 1.39 bits per heavy atom. The van der Waals surface area contributed by atoms with Crippen LogP contribution in [0.5, 0.6) is 0 Å². The Hall–Kier alpha value is -3.14. The Kier molecular flexibility index (Phi) is 3.93. The second-order valence-electron chi connectivity index (χ2n) is 7.29. The molecule has 1 aliphatic carbocycles. The van der Waals surface area contributed by atoms with E-state index in [1.807, 2.05) is 28.8 Å². The van der Waals surface area contributed by atoms with E-state index in [4.69, 9.17) is 4.74 Å². The van der Waals surface area contributed by atoms with E-state index < -0.39 is 12.0 Å². The minimum Gasteiger partial charge on any atom is -0.480 e. The number of aromatic nitrogens is 5. The monoisotopic (exact) mass is 383 g/mol. The number of H-pyrrole nitrogens is 1. The van der Waals surface area contributed by atoms with Gasteiger partial charge in [-0.05, 0) is 25.0 Å². The molecule has 0 amide bonds. The Balaban J connectivity index is 1.50. The number of aromatic amines is 1. The lowest BCUT2D eigenvalue weighted by molar-refractivity contribution is -0.138. The predicted octanol–water partition coefficient (Wildman–Crippen LogP) is 1.75. The van der Waals surface area contributed by atoms with Crippen LogP contribution in [0.3, 0.4) is 0 Å². The first-order chi connectivity index (χ1) is 13.6. The SMILES string of the molecule is CO[C@@H]1C[C@@H](C(=O)O)N(c2nc(Nc3cc(C4CC4)[nH]n3)n3cccc3n2)C1. The van der Waals surface area contributed by atoms with Crippen molar-refractivity contribution in [3.8, 4) is 0 Å². The molecule has 1 saturated heterocycles. The molecule has 1 aliphatic heterocycles. The molecule has 0 aromatic carbocycles. The fraction of sp³-hybridized carbons (Fsp3) is 0.444. The van der Waals surface area contributed by atoms with E-state index in [1.54, 1.807) is 12.0 Å². The van der Waals surface area contributed by atoms with Gasteiger partial charge in [0.2, 0.25) is 11.9 Å². The fourth-order valence-corrected chi connectivity index (χ4v) is 3.68. The summed E-state index contributed by atoms with van der Waals surface area (Å²) >= 11 is 0. The van der Waals surface area contributed by atoms with E-state index in [2.05, 4.69) is 25.5 Å². The van der Waals surface area contributed by atoms with Crippen molar-refractivity contribution in [1.29, 1.82) is 0 Å². The van der Waals surface area contributed by atoms with Gasteiger partial charge in [0.05, 0.1) is 6.10 Å². The largest absolute Gasteiger partial charge is 0.480 e. The Morgan fingerprint density at radius 3 is 3.00 bits per heavy atom. The maximum Gasteiger partial charge on any atom is 0.326 e. The molecule has 0 unspecified atom stereocenters. The van der Waals surface area contributed by atoms with Gasteiger partial charge in [-0.2, -0.15) is 15.1 Å². The van der Waals surface area contributed by atoms with Gasteiger partial charge in [0, 0.05) is 44.0 Å². The predicted molar refractivity (Wildman–Crippen MR) is 101 cm³/mol. The molecule has 5 rings (SSSR count). The van der Waals surface area contributed by atoms with Crippen molar-refractivity contribution in [3.05, 3.63) is 30.1 Å². The molecule has 28 heavy (non-hydrogen) atoms. The lowest BCUT2D eigenvalue weighted by Gasteiger charge is -2.22. The number of ether oxygens (including phenoxy) is 1. The number of anilines is 3. The third kappa shape index (κ3) is 2.95. The number of carboxylic acid groups (broad SMARTS) is 1. The lowest BCUT2D eigenvalue weighted by atomic mass is 10.2. The summed E-state index contributed by atoms with van der Waals surface area (Å²) in [6.45, 7) is 0.429. The molecule has 10 nitrogen and oxygen atoms in total.